The van der Waals surface area contributed by atoms with Crippen LogP contribution in [-0.4, -0.2) is 28.7 Å². The van der Waals surface area contributed by atoms with Gasteiger partial charge in [-0.2, -0.15) is 0 Å². The highest BCUT2D eigenvalue weighted by Crippen LogP contribution is 2.24. The Morgan fingerprint density at radius 1 is 1.45 bits per heavy atom. The van der Waals surface area contributed by atoms with Gasteiger partial charge in [-0.1, -0.05) is 0 Å². The highest BCUT2D eigenvalue weighted by molar-refractivity contribution is 9.11. The van der Waals surface area contributed by atoms with E-state index in [1.165, 1.54) is 18.3 Å². The van der Waals surface area contributed by atoms with Crippen LogP contribution in [0.25, 0.3) is 0 Å². The molecule has 0 atom stereocenters. The second-order valence-corrected chi connectivity index (χ2v) is 7.49. The van der Waals surface area contributed by atoms with Crippen molar-refractivity contribution in [3.8, 4) is 0 Å². The van der Waals surface area contributed by atoms with Crippen LogP contribution in [0.4, 0.5) is 5.13 Å². The number of carbonyl (C=O) groups excluding carboxylic acids is 2. The third kappa shape index (κ3) is 3.87. The van der Waals surface area contributed by atoms with Crippen molar-refractivity contribution in [3.05, 3.63) is 31.9 Å². The number of nitrogens with one attached hydrogen (secondary N) is 1. The molecule has 2 aromatic heterocycles. The first kappa shape index (κ1) is 15.1. The summed E-state index contributed by atoms with van der Waals surface area (Å²) in [7, 11) is 1.73. The number of hydrogen-bond donors (Lipinski definition) is 1. The molecule has 0 bridgehead atoms. The summed E-state index contributed by atoms with van der Waals surface area (Å²) in [5, 5.41) is 4.65. The van der Waals surface area contributed by atoms with Crippen molar-refractivity contribution in [2.45, 2.75) is 13.5 Å². The third-order valence-electron chi connectivity index (χ3n) is 2.37. The first-order valence-electron chi connectivity index (χ1n) is 5.68. The lowest BCUT2D eigenvalue weighted by atomic mass is 10.4. The van der Waals surface area contributed by atoms with Crippen molar-refractivity contribution >= 4 is 55.5 Å². The molecule has 0 spiro atoms. The van der Waals surface area contributed by atoms with Crippen LogP contribution in [0.1, 0.15) is 22.3 Å². The van der Waals surface area contributed by atoms with E-state index in [0.29, 0.717) is 17.4 Å². The summed E-state index contributed by atoms with van der Waals surface area (Å²) in [5.74, 6) is -0.363. The summed E-state index contributed by atoms with van der Waals surface area (Å²) < 4.78 is 1.04. The van der Waals surface area contributed by atoms with E-state index in [1.54, 1.807) is 28.7 Å². The van der Waals surface area contributed by atoms with Gasteiger partial charge in [0.25, 0.3) is 5.91 Å². The van der Waals surface area contributed by atoms with Gasteiger partial charge in [0.2, 0.25) is 5.91 Å². The minimum atomic E-state index is -0.199. The van der Waals surface area contributed by atoms with Crippen molar-refractivity contribution in [3.63, 3.8) is 0 Å². The van der Waals surface area contributed by atoms with E-state index >= 15 is 0 Å². The Kier molecular flexibility index (Phi) is 4.90. The predicted octanol–water partition coefficient (Wildman–Crippen LogP) is 3.20. The molecule has 0 aromatic carbocycles. The average molecular weight is 374 g/mol. The molecule has 0 aliphatic heterocycles. The lowest BCUT2D eigenvalue weighted by Crippen LogP contribution is -2.26. The third-order valence-corrected chi connectivity index (χ3v) is 4.74. The summed E-state index contributed by atoms with van der Waals surface area (Å²) in [6, 6.07) is 3.93. The zero-order valence-electron chi connectivity index (χ0n) is 10.8. The Hall–Kier alpha value is -1.25. The van der Waals surface area contributed by atoms with Crippen molar-refractivity contribution in [2.24, 2.45) is 0 Å². The normalized spacial score (nSPS) is 10.3. The number of hydrogen-bond acceptors (Lipinski definition) is 5. The van der Waals surface area contributed by atoms with E-state index < -0.39 is 0 Å². The highest BCUT2D eigenvalue weighted by Gasteiger charge is 2.16. The summed E-state index contributed by atoms with van der Waals surface area (Å²) >= 11 is 6.22. The molecule has 2 heterocycles. The van der Waals surface area contributed by atoms with Crippen LogP contribution in [0.5, 0.6) is 0 Å². The number of rotatable bonds is 4. The molecule has 0 saturated carbocycles. The maximum Gasteiger partial charge on any atom is 0.273 e. The van der Waals surface area contributed by atoms with Gasteiger partial charge in [0.05, 0.1) is 10.3 Å². The SMILES string of the molecule is CC(=O)Nc1nc(C(=O)N(C)Cc2ccc(Br)s2)cs1. The molecule has 0 aliphatic carbocycles. The molecule has 2 rings (SSSR count). The maximum absolute atomic E-state index is 12.2. The molecular formula is C12H12BrN3O2S2. The van der Waals surface area contributed by atoms with E-state index in [1.807, 2.05) is 12.1 Å². The minimum absolute atomic E-state index is 0.164. The zero-order chi connectivity index (χ0) is 14.7. The molecule has 2 aromatic rings. The number of thiophene rings is 1. The van der Waals surface area contributed by atoms with Crippen LogP contribution in [-0.2, 0) is 11.3 Å². The van der Waals surface area contributed by atoms with Crippen LogP contribution < -0.4 is 5.32 Å². The van der Waals surface area contributed by atoms with Gasteiger partial charge in [-0.3, -0.25) is 9.59 Å². The predicted molar refractivity (Wildman–Crippen MR) is 84.2 cm³/mol. The molecule has 0 aliphatic rings. The van der Waals surface area contributed by atoms with Crippen molar-refractivity contribution < 1.29 is 9.59 Å². The molecule has 0 radical (unpaired) electrons. The molecule has 0 unspecified atom stereocenters. The van der Waals surface area contributed by atoms with Crippen molar-refractivity contribution in [1.82, 2.24) is 9.88 Å². The lowest BCUT2D eigenvalue weighted by molar-refractivity contribution is -0.114. The van der Waals surface area contributed by atoms with E-state index in [-0.39, 0.29) is 11.8 Å². The molecule has 2 amide bonds. The quantitative estimate of drug-likeness (QED) is 0.894. The van der Waals surface area contributed by atoms with Gasteiger partial charge < -0.3 is 10.2 Å². The molecule has 8 heteroatoms. The Morgan fingerprint density at radius 2 is 2.20 bits per heavy atom. The molecular weight excluding hydrogens is 362 g/mol. The van der Waals surface area contributed by atoms with E-state index in [9.17, 15) is 9.59 Å². The maximum atomic E-state index is 12.2. The van der Waals surface area contributed by atoms with Gasteiger partial charge in [0.15, 0.2) is 5.13 Å². The number of aromatic nitrogens is 1. The monoisotopic (exact) mass is 373 g/mol. The molecule has 0 saturated heterocycles. The number of amides is 2. The minimum Gasteiger partial charge on any atom is -0.335 e. The number of nitrogens with zero attached hydrogens (tertiary/aromatic N) is 2. The number of halogens is 1. The van der Waals surface area contributed by atoms with Crippen LogP contribution >= 0.6 is 38.6 Å². The van der Waals surface area contributed by atoms with E-state index in [0.717, 1.165) is 8.66 Å². The van der Waals surface area contributed by atoms with Gasteiger partial charge in [-0.05, 0) is 28.1 Å². The van der Waals surface area contributed by atoms with E-state index in [2.05, 4.69) is 26.2 Å². The standard InChI is InChI=1S/C12H12BrN3O2S2/c1-7(17)14-12-15-9(6-19-12)11(18)16(2)5-8-3-4-10(13)20-8/h3-4,6H,5H2,1-2H3,(H,14,15,17). The van der Waals surface area contributed by atoms with Gasteiger partial charge in [-0.25, -0.2) is 4.98 Å². The van der Waals surface area contributed by atoms with Crippen molar-refractivity contribution in [2.75, 3.05) is 12.4 Å². The summed E-state index contributed by atoms with van der Waals surface area (Å²) in [5.41, 5.74) is 0.344. The van der Waals surface area contributed by atoms with Gasteiger partial charge in [0, 0.05) is 24.2 Å². The lowest BCUT2D eigenvalue weighted by Gasteiger charge is -2.14. The zero-order valence-corrected chi connectivity index (χ0v) is 14.1. The Balaban J connectivity index is 2.02. The smallest absolute Gasteiger partial charge is 0.273 e. The van der Waals surface area contributed by atoms with Crippen LogP contribution in [0.2, 0.25) is 0 Å². The van der Waals surface area contributed by atoms with Crippen molar-refractivity contribution in [1.29, 1.82) is 0 Å². The summed E-state index contributed by atoms with van der Waals surface area (Å²) in [4.78, 5) is 29.9. The van der Waals surface area contributed by atoms with Crippen LogP contribution in [0, 0.1) is 0 Å². The first-order valence-corrected chi connectivity index (χ1v) is 8.17. The molecule has 20 heavy (non-hydrogen) atoms. The molecule has 1 N–H and O–H groups in total. The number of carbonyl (C=O) groups is 2. The second-order valence-electron chi connectivity index (χ2n) is 4.09. The summed E-state index contributed by atoms with van der Waals surface area (Å²) in [6.07, 6.45) is 0. The summed E-state index contributed by atoms with van der Waals surface area (Å²) in [6.45, 7) is 1.94. The largest absolute Gasteiger partial charge is 0.335 e. The van der Waals surface area contributed by atoms with E-state index in [4.69, 9.17) is 0 Å². The van der Waals surface area contributed by atoms with Crippen LogP contribution in [0.3, 0.4) is 0 Å². The fourth-order valence-electron chi connectivity index (χ4n) is 1.52. The Bertz CT molecular complexity index is 638. The fraction of sp³-hybridized carbons (Fsp3) is 0.250. The molecule has 0 fully saturated rings. The fourth-order valence-corrected chi connectivity index (χ4v) is 3.79. The number of anilines is 1. The second kappa shape index (κ2) is 6.47. The molecule has 5 nitrogen and oxygen atoms in total. The van der Waals surface area contributed by atoms with Crippen LogP contribution in [0.15, 0.2) is 21.3 Å². The Morgan fingerprint density at radius 3 is 2.80 bits per heavy atom. The average Bonchev–Trinajstić information content (AvgIpc) is 2.97. The number of thiazole rings is 1. The molecule has 106 valence electrons. The van der Waals surface area contributed by atoms with Gasteiger partial charge in [-0.15, -0.1) is 22.7 Å². The van der Waals surface area contributed by atoms with Gasteiger partial charge in [0.1, 0.15) is 5.69 Å². The highest BCUT2D eigenvalue weighted by atomic mass is 79.9. The van der Waals surface area contributed by atoms with Gasteiger partial charge >= 0.3 is 0 Å². The first-order chi connectivity index (χ1) is 9.45. The topological polar surface area (TPSA) is 62.3 Å². The Labute approximate surface area is 132 Å².